The van der Waals surface area contributed by atoms with Crippen LogP contribution in [0.1, 0.15) is 135 Å². The van der Waals surface area contributed by atoms with Gasteiger partial charge in [0.2, 0.25) is 5.91 Å². The molecule has 382 valence electrons. The predicted octanol–water partition coefficient (Wildman–Crippen LogP) is 9.78. The number of amides is 2. The minimum Gasteiger partial charge on any atom is -0.463 e. The minimum atomic E-state index is -0.602. The molecule has 2 aliphatic carbocycles. The zero-order chi connectivity index (χ0) is 50.3. The molecule has 2 unspecified atom stereocenters. The number of benzene rings is 3. The fraction of sp³-hybridized carbons (Fsp3) is 0.508. The van der Waals surface area contributed by atoms with Crippen LogP contribution in [-0.2, 0) is 11.2 Å². The standard InChI is InChI=1S/C59H68F2N8O4/c1-5-40-46(60)15-12-35(3)49(40)41(6-2)52-51(61)53-45(31-62-52)54(68-24-8-9-39(70)32-68)65-57(64-53)73-34-59(20-21-59)33-66-27-22-58(23-28-66)29-38(30-58)67-25-18-37(19-26-67)42-14-17-47-50-43(42)10-7-11-44(50)56(72)69(47)48-16-13-36(4)63-55(48)71/h6-7,10-12,14-15,17,31,37-39,48,70H,4-5,8-9,13,16,18-30,32-34H2,1-3H3,(H,63,71)/b41-6+. The number of aromatic nitrogens is 3. The number of carbonyl (C=O) groups is 2. The van der Waals surface area contributed by atoms with Gasteiger partial charge in [-0.1, -0.05) is 43.8 Å². The lowest BCUT2D eigenvalue weighted by molar-refractivity contribution is -0.122. The van der Waals surface area contributed by atoms with Crippen molar-refractivity contribution < 1.29 is 28.2 Å². The Morgan fingerprint density at radius 3 is 2.48 bits per heavy atom. The van der Waals surface area contributed by atoms with Crippen molar-refractivity contribution in [3.63, 3.8) is 0 Å². The molecule has 4 saturated heterocycles. The summed E-state index contributed by atoms with van der Waals surface area (Å²) in [5.41, 5.74) is 6.73. The number of aliphatic hydroxyl groups excluding tert-OH is 1. The van der Waals surface area contributed by atoms with Crippen molar-refractivity contribution in [1.82, 2.24) is 30.1 Å². The van der Waals surface area contributed by atoms with E-state index in [1.807, 2.05) is 37.8 Å². The number of ether oxygens (including phenoxy) is 1. The second-order valence-electron chi connectivity index (χ2n) is 22.7. The number of hydrogen-bond donors (Lipinski definition) is 2. The van der Waals surface area contributed by atoms with E-state index in [2.05, 4.69) is 44.9 Å². The number of carbonyl (C=O) groups excluding carboxylic acids is 2. The summed E-state index contributed by atoms with van der Waals surface area (Å²) in [4.78, 5) is 50.2. The normalized spacial score (nSPS) is 23.7. The van der Waals surface area contributed by atoms with Gasteiger partial charge in [0, 0.05) is 59.5 Å². The van der Waals surface area contributed by atoms with Gasteiger partial charge in [-0.05, 0) is 181 Å². The average molecular weight is 991 g/mol. The minimum absolute atomic E-state index is 0.00984. The van der Waals surface area contributed by atoms with Crippen molar-refractivity contribution in [2.45, 2.75) is 128 Å². The highest BCUT2D eigenvalue weighted by molar-refractivity contribution is 6.27. The molecule has 2 atom stereocenters. The van der Waals surface area contributed by atoms with E-state index in [4.69, 9.17) is 14.7 Å². The van der Waals surface area contributed by atoms with Crippen LogP contribution in [0.4, 0.5) is 20.3 Å². The lowest BCUT2D eigenvalue weighted by Gasteiger charge is -2.56. The molecule has 7 aliphatic rings. The molecule has 0 radical (unpaired) electrons. The Hall–Kier alpha value is -5.83. The van der Waals surface area contributed by atoms with E-state index < -0.39 is 18.0 Å². The van der Waals surface area contributed by atoms with Gasteiger partial charge in [0.15, 0.2) is 5.82 Å². The zero-order valence-electron chi connectivity index (χ0n) is 42.6. The van der Waals surface area contributed by atoms with Gasteiger partial charge in [-0.2, -0.15) is 9.97 Å². The number of allylic oxidation sites excluding steroid dienone is 2. The average Bonchev–Trinajstić information content (AvgIpc) is 4.10. The predicted molar refractivity (Wildman–Crippen MR) is 281 cm³/mol. The van der Waals surface area contributed by atoms with E-state index in [1.165, 1.54) is 37.3 Å². The molecule has 7 heterocycles. The third-order valence-corrected chi connectivity index (χ3v) is 18.1. The molecule has 5 aromatic rings. The summed E-state index contributed by atoms with van der Waals surface area (Å²) in [6, 6.07) is 13.8. The smallest absolute Gasteiger partial charge is 0.319 e. The Morgan fingerprint density at radius 1 is 0.959 bits per heavy atom. The Kier molecular flexibility index (Phi) is 12.4. The molecule has 12 nitrogen and oxygen atoms in total. The van der Waals surface area contributed by atoms with E-state index in [0.717, 1.165) is 86.9 Å². The molecule has 2 aromatic heterocycles. The first-order valence-electron chi connectivity index (χ1n) is 27.1. The number of β-amino-alcohol motifs (C(OH)–C–C–N with tert-alkyl or cyclic N) is 1. The maximum atomic E-state index is 17.1. The van der Waals surface area contributed by atoms with E-state index in [-0.39, 0.29) is 40.3 Å². The fourth-order valence-electron chi connectivity index (χ4n) is 13.8. The number of anilines is 2. The van der Waals surface area contributed by atoms with E-state index >= 15 is 8.78 Å². The molecular weight excluding hydrogens is 923 g/mol. The first-order chi connectivity index (χ1) is 35.3. The van der Waals surface area contributed by atoms with Crippen LogP contribution >= 0.6 is 0 Å². The number of nitrogens with one attached hydrogen (secondary N) is 1. The van der Waals surface area contributed by atoms with Crippen molar-refractivity contribution in [3.8, 4) is 6.01 Å². The fourth-order valence-corrected chi connectivity index (χ4v) is 13.8. The van der Waals surface area contributed by atoms with Gasteiger partial charge in [-0.15, -0.1) is 0 Å². The molecule has 0 bridgehead atoms. The van der Waals surface area contributed by atoms with Crippen molar-refractivity contribution in [2.75, 3.05) is 62.2 Å². The topological polar surface area (TPSA) is 127 Å². The third-order valence-electron chi connectivity index (χ3n) is 18.1. The van der Waals surface area contributed by atoms with Gasteiger partial charge in [-0.3, -0.25) is 19.5 Å². The van der Waals surface area contributed by atoms with Crippen LogP contribution < -0.4 is 19.9 Å². The van der Waals surface area contributed by atoms with Crippen LogP contribution in [0, 0.1) is 29.4 Å². The Labute approximate surface area is 426 Å². The number of fused-ring (bicyclic) bond motifs is 1. The molecule has 14 heteroatoms. The van der Waals surface area contributed by atoms with Crippen molar-refractivity contribution in [3.05, 3.63) is 112 Å². The van der Waals surface area contributed by atoms with Gasteiger partial charge in [0.1, 0.15) is 28.9 Å². The summed E-state index contributed by atoms with van der Waals surface area (Å²) in [5.74, 6) is -0.233. The molecular formula is C59H68F2N8O4. The second-order valence-corrected chi connectivity index (χ2v) is 22.7. The number of piperidine rings is 4. The third kappa shape index (κ3) is 8.58. The van der Waals surface area contributed by atoms with Crippen molar-refractivity contribution in [2.24, 2.45) is 10.8 Å². The number of aliphatic hydroxyl groups is 1. The van der Waals surface area contributed by atoms with E-state index in [0.29, 0.717) is 102 Å². The number of nitrogens with zero attached hydrogens (tertiary/aromatic N) is 7. The summed E-state index contributed by atoms with van der Waals surface area (Å²) in [6.45, 7) is 16.3. The highest BCUT2D eigenvalue weighted by Crippen LogP contribution is 2.54. The summed E-state index contributed by atoms with van der Waals surface area (Å²) >= 11 is 0. The molecule has 6 fully saturated rings. The number of halogens is 2. The second kappa shape index (κ2) is 18.8. The summed E-state index contributed by atoms with van der Waals surface area (Å²) in [7, 11) is 0. The molecule has 1 spiro atoms. The summed E-state index contributed by atoms with van der Waals surface area (Å²) in [6.07, 6.45) is 15.3. The Morgan fingerprint density at radius 2 is 1.75 bits per heavy atom. The number of likely N-dealkylation sites (tertiary alicyclic amines) is 2. The lowest BCUT2D eigenvalue weighted by Crippen LogP contribution is -2.56. The molecule has 2 saturated carbocycles. The number of hydrogen-bond acceptors (Lipinski definition) is 10. The van der Waals surface area contributed by atoms with Gasteiger partial charge in [-0.25, -0.2) is 8.78 Å². The molecule has 12 rings (SSSR count). The van der Waals surface area contributed by atoms with Crippen LogP contribution in [-0.4, -0.2) is 112 Å². The van der Waals surface area contributed by atoms with Crippen LogP contribution in [0.3, 0.4) is 0 Å². The largest absolute Gasteiger partial charge is 0.463 e. The molecule has 2 amide bonds. The van der Waals surface area contributed by atoms with Gasteiger partial charge < -0.3 is 29.9 Å². The molecule has 73 heavy (non-hydrogen) atoms. The first-order valence-corrected chi connectivity index (χ1v) is 27.1. The summed E-state index contributed by atoms with van der Waals surface area (Å²) in [5, 5.41) is 16.1. The van der Waals surface area contributed by atoms with Crippen molar-refractivity contribution in [1.29, 1.82) is 0 Å². The highest BCUT2D eigenvalue weighted by Gasteiger charge is 2.51. The monoisotopic (exact) mass is 991 g/mol. The summed E-state index contributed by atoms with van der Waals surface area (Å²) < 4.78 is 38.7. The zero-order valence-corrected chi connectivity index (χ0v) is 42.6. The Balaban J connectivity index is 0.676. The quantitative estimate of drug-likeness (QED) is 0.125. The molecule has 2 N–H and O–H groups in total. The van der Waals surface area contributed by atoms with Gasteiger partial charge >= 0.3 is 6.01 Å². The van der Waals surface area contributed by atoms with Crippen LogP contribution in [0.25, 0.3) is 27.2 Å². The first kappa shape index (κ1) is 48.1. The van der Waals surface area contributed by atoms with E-state index in [1.54, 1.807) is 23.2 Å². The highest BCUT2D eigenvalue weighted by atomic mass is 19.1. The lowest BCUT2D eigenvalue weighted by atomic mass is 9.59. The van der Waals surface area contributed by atoms with Crippen LogP contribution in [0.15, 0.2) is 67.0 Å². The number of aryl methyl sites for hydroxylation is 1. The van der Waals surface area contributed by atoms with Crippen LogP contribution in [0.5, 0.6) is 6.01 Å². The molecule has 3 aromatic carbocycles. The van der Waals surface area contributed by atoms with Crippen LogP contribution in [0.2, 0.25) is 0 Å². The number of pyridine rings is 1. The van der Waals surface area contributed by atoms with Gasteiger partial charge in [0.25, 0.3) is 5.91 Å². The van der Waals surface area contributed by atoms with Crippen molar-refractivity contribution >= 4 is 50.6 Å². The molecule has 5 aliphatic heterocycles. The SMILES string of the molecule is C=C1CCC(N2C(=O)c3cccc4c(C5CCN(C6CC7(CCN(CC8(COc9nc(N%10CCCC(O)C%10)c%10cnc(/C(=C/C)c%11c(C)ccc(F)c%11CC)c(F)c%10n9)CC8)CC7)C6)CC5)ccc2c34)C(=O)N1. The number of rotatable bonds is 12. The Bertz CT molecular complexity index is 3080. The van der Waals surface area contributed by atoms with E-state index in [9.17, 15) is 14.7 Å². The maximum Gasteiger partial charge on any atom is 0.319 e. The van der Waals surface area contributed by atoms with Gasteiger partial charge in [0.05, 0.1) is 23.8 Å². The maximum absolute atomic E-state index is 17.1.